The van der Waals surface area contributed by atoms with E-state index < -0.39 is 5.41 Å². The Labute approximate surface area is 260 Å². The molecule has 228 valence electrons. The van der Waals surface area contributed by atoms with Gasteiger partial charge in [0.25, 0.3) is 0 Å². The van der Waals surface area contributed by atoms with Crippen LogP contribution in [0, 0.1) is 13.8 Å². The van der Waals surface area contributed by atoms with Crippen LogP contribution in [0.25, 0.3) is 27.8 Å². The van der Waals surface area contributed by atoms with Crippen molar-refractivity contribution in [3.8, 4) is 11.3 Å². The predicted molar refractivity (Wildman–Crippen MR) is 179 cm³/mol. The largest absolute Gasteiger partial charge is 0.354 e. The van der Waals surface area contributed by atoms with Crippen molar-refractivity contribution < 1.29 is 4.79 Å². The molecule has 3 aromatic heterocycles. The van der Waals surface area contributed by atoms with Crippen LogP contribution in [-0.4, -0.2) is 50.3 Å². The number of aromatic nitrogens is 3. The number of nitrogens with one attached hydrogen (secondary N) is 2. The third-order valence-electron chi connectivity index (χ3n) is 10.3. The Morgan fingerprint density at radius 3 is 2.45 bits per heavy atom. The summed E-state index contributed by atoms with van der Waals surface area (Å²) in [7, 11) is 0. The molecule has 0 radical (unpaired) electrons. The molecular formula is C38H45N5O. The molecule has 44 heavy (non-hydrogen) atoms. The van der Waals surface area contributed by atoms with Crippen molar-refractivity contribution in [3.63, 3.8) is 0 Å². The first kappa shape index (κ1) is 28.8. The topological polar surface area (TPSA) is 65.4 Å². The summed E-state index contributed by atoms with van der Waals surface area (Å²) >= 11 is 0. The van der Waals surface area contributed by atoms with E-state index in [0.29, 0.717) is 12.1 Å². The summed E-state index contributed by atoms with van der Waals surface area (Å²) in [4.78, 5) is 24.5. The maximum atomic E-state index is 14.0. The first-order valence-electron chi connectivity index (χ1n) is 16.4. The summed E-state index contributed by atoms with van der Waals surface area (Å²) in [5.41, 5.74) is 10.2. The summed E-state index contributed by atoms with van der Waals surface area (Å²) < 4.78 is 2.04. The number of aromatic amines is 1. The molecule has 6 nitrogen and oxygen atoms in total. The van der Waals surface area contributed by atoms with Gasteiger partial charge in [-0.05, 0) is 131 Å². The molecule has 2 aromatic carbocycles. The SMILES string of the molecule is Cc1cc(C)cc(-c2[nH]c3ccc(C(C)(C)C(=O)N4C5CCC4CC5)cc3c2[C@H](C)CNCCc2ccn3ccnc3c2)c1. The second kappa shape index (κ2) is 11.2. The average Bonchev–Trinajstić information content (AvgIpc) is 3.80. The minimum Gasteiger partial charge on any atom is -0.354 e. The van der Waals surface area contributed by atoms with Crippen LogP contribution in [0.4, 0.5) is 0 Å². The van der Waals surface area contributed by atoms with Gasteiger partial charge in [0.1, 0.15) is 5.65 Å². The van der Waals surface area contributed by atoms with Gasteiger partial charge in [0.15, 0.2) is 0 Å². The lowest BCUT2D eigenvalue weighted by Crippen LogP contribution is -2.45. The highest BCUT2D eigenvalue weighted by Crippen LogP contribution is 2.42. The Balaban J connectivity index is 1.19. The number of aryl methyl sites for hydroxylation is 2. The number of pyridine rings is 1. The molecule has 5 heterocycles. The number of carbonyl (C=O) groups excluding carboxylic acids is 1. The van der Waals surface area contributed by atoms with Crippen LogP contribution in [0.3, 0.4) is 0 Å². The molecule has 0 unspecified atom stereocenters. The third kappa shape index (κ3) is 5.13. The highest BCUT2D eigenvalue weighted by atomic mass is 16.2. The first-order chi connectivity index (χ1) is 21.2. The molecule has 0 saturated carbocycles. The van der Waals surface area contributed by atoms with Crippen LogP contribution < -0.4 is 5.32 Å². The van der Waals surface area contributed by atoms with Crippen molar-refractivity contribution in [3.05, 3.63) is 94.9 Å². The van der Waals surface area contributed by atoms with E-state index in [4.69, 9.17) is 0 Å². The van der Waals surface area contributed by atoms with Gasteiger partial charge in [0.05, 0.1) is 11.1 Å². The molecule has 2 fully saturated rings. The van der Waals surface area contributed by atoms with Gasteiger partial charge in [0.2, 0.25) is 5.91 Å². The van der Waals surface area contributed by atoms with E-state index in [1.807, 2.05) is 16.8 Å². The Bertz CT molecular complexity index is 1800. The van der Waals surface area contributed by atoms with E-state index in [1.54, 1.807) is 0 Å². The fraction of sp³-hybridized carbons (Fsp3) is 0.421. The fourth-order valence-electron chi connectivity index (χ4n) is 7.91. The molecule has 1 atom stereocenters. The third-order valence-corrected chi connectivity index (χ3v) is 10.3. The zero-order valence-corrected chi connectivity index (χ0v) is 26.8. The normalized spacial score (nSPS) is 19.0. The van der Waals surface area contributed by atoms with Crippen LogP contribution in [0.1, 0.15) is 80.2 Å². The molecule has 2 aliphatic heterocycles. The number of nitrogens with zero attached hydrogens (tertiary/aromatic N) is 3. The number of amides is 1. The Morgan fingerprint density at radius 1 is 1.00 bits per heavy atom. The Hall–Kier alpha value is -3.90. The number of imidazole rings is 1. The number of hydrogen-bond acceptors (Lipinski definition) is 3. The molecule has 0 spiro atoms. The monoisotopic (exact) mass is 587 g/mol. The Kier molecular flexibility index (Phi) is 7.36. The standard InChI is InChI=1S/C38H45N5O/c1-24-18-25(2)20-28(19-24)36-35(26(3)23-39-14-12-27-13-16-42-17-15-40-34(42)21-27)32-22-29(6-11-33(32)41-36)38(4,5)37(44)43-30-7-8-31(43)10-9-30/h6,11,13,15-22,26,30-31,39,41H,7-10,12,14,23H2,1-5H3/t26-,30?,31?/m1/s1. The minimum atomic E-state index is -0.578. The van der Waals surface area contributed by atoms with E-state index >= 15 is 0 Å². The summed E-state index contributed by atoms with van der Waals surface area (Å²) in [6, 6.07) is 18.7. The Morgan fingerprint density at radius 2 is 1.73 bits per heavy atom. The van der Waals surface area contributed by atoms with Gasteiger partial charge in [-0.15, -0.1) is 0 Å². The van der Waals surface area contributed by atoms with Crippen LogP contribution in [0.5, 0.6) is 0 Å². The molecule has 2 aliphatic rings. The molecule has 1 amide bonds. The van der Waals surface area contributed by atoms with Gasteiger partial charge >= 0.3 is 0 Å². The van der Waals surface area contributed by atoms with E-state index in [9.17, 15) is 4.79 Å². The summed E-state index contributed by atoms with van der Waals surface area (Å²) in [5, 5.41) is 4.97. The molecule has 2 bridgehead atoms. The predicted octanol–water partition coefficient (Wildman–Crippen LogP) is 7.47. The lowest BCUT2D eigenvalue weighted by Gasteiger charge is -2.33. The lowest BCUT2D eigenvalue weighted by molar-refractivity contribution is -0.137. The van der Waals surface area contributed by atoms with E-state index in [0.717, 1.165) is 61.9 Å². The minimum absolute atomic E-state index is 0.262. The quantitative estimate of drug-likeness (QED) is 0.176. The molecule has 0 aliphatic carbocycles. The number of rotatable bonds is 9. The van der Waals surface area contributed by atoms with Crippen LogP contribution in [-0.2, 0) is 16.6 Å². The van der Waals surface area contributed by atoms with E-state index in [1.165, 1.54) is 38.9 Å². The average molecular weight is 588 g/mol. The van der Waals surface area contributed by atoms with Crippen molar-refractivity contribution in [1.29, 1.82) is 0 Å². The maximum Gasteiger partial charge on any atom is 0.233 e. The van der Waals surface area contributed by atoms with Gasteiger partial charge in [-0.3, -0.25) is 4.79 Å². The van der Waals surface area contributed by atoms with Crippen LogP contribution in [0.2, 0.25) is 0 Å². The lowest BCUT2D eigenvalue weighted by atomic mass is 9.81. The summed E-state index contributed by atoms with van der Waals surface area (Å²) in [5.74, 6) is 0.551. The van der Waals surface area contributed by atoms with Crippen molar-refractivity contribution in [2.45, 2.75) is 90.1 Å². The molecule has 7 rings (SSSR count). The van der Waals surface area contributed by atoms with Gasteiger partial charge in [0, 0.05) is 48.1 Å². The highest BCUT2D eigenvalue weighted by molar-refractivity contribution is 5.95. The second-order valence-corrected chi connectivity index (χ2v) is 13.9. The van der Waals surface area contributed by atoms with Crippen molar-refractivity contribution >= 4 is 22.5 Å². The van der Waals surface area contributed by atoms with Crippen LogP contribution >= 0.6 is 0 Å². The van der Waals surface area contributed by atoms with Gasteiger partial charge in [-0.2, -0.15) is 0 Å². The molecule has 5 aromatic rings. The number of benzene rings is 2. The molecular weight excluding hydrogens is 542 g/mol. The zero-order valence-electron chi connectivity index (χ0n) is 26.8. The first-order valence-corrected chi connectivity index (χ1v) is 16.4. The van der Waals surface area contributed by atoms with Gasteiger partial charge in [-0.1, -0.05) is 30.2 Å². The van der Waals surface area contributed by atoms with Gasteiger partial charge in [-0.25, -0.2) is 4.98 Å². The van der Waals surface area contributed by atoms with E-state index in [-0.39, 0.29) is 11.8 Å². The van der Waals surface area contributed by atoms with Crippen LogP contribution in [0.15, 0.2) is 67.1 Å². The number of H-pyrrole nitrogens is 1. The molecule has 2 N–H and O–H groups in total. The van der Waals surface area contributed by atoms with Gasteiger partial charge < -0.3 is 19.6 Å². The number of hydrogen-bond donors (Lipinski definition) is 2. The van der Waals surface area contributed by atoms with Crippen molar-refractivity contribution in [1.82, 2.24) is 24.6 Å². The summed E-state index contributed by atoms with van der Waals surface area (Å²) in [6.45, 7) is 12.7. The molecule has 2 saturated heterocycles. The summed E-state index contributed by atoms with van der Waals surface area (Å²) in [6.07, 6.45) is 11.5. The smallest absolute Gasteiger partial charge is 0.233 e. The van der Waals surface area contributed by atoms with E-state index in [2.05, 4.69) is 110 Å². The van der Waals surface area contributed by atoms with Crippen molar-refractivity contribution in [2.75, 3.05) is 13.1 Å². The maximum absolute atomic E-state index is 14.0. The molecule has 6 heteroatoms. The fourth-order valence-corrected chi connectivity index (χ4v) is 7.91. The number of carbonyl (C=O) groups is 1. The van der Waals surface area contributed by atoms with Crippen molar-refractivity contribution in [2.24, 2.45) is 0 Å². The second-order valence-electron chi connectivity index (χ2n) is 13.9. The zero-order chi connectivity index (χ0) is 30.6. The number of fused-ring (bicyclic) bond motifs is 4. The highest BCUT2D eigenvalue weighted by Gasteiger charge is 2.47.